The molecule has 0 amide bonds. The lowest BCUT2D eigenvalue weighted by molar-refractivity contribution is -0.903. The van der Waals surface area contributed by atoms with Crippen LogP contribution in [0.15, 0.2) is 40.6 Å². The number of benzene rings is 1. The Morgan fingerprint density at radius 1 is 1.16 bits per heavy atom. The molecule has 0 radical (unpaired) electrons. The third-order valence-corrected chi connectivity index (χ3v) is 8.10. The van der Waals surface area contributed by atoms with Gasteiger partial charge in [-0.15, -0.1) is 11.3 Å². The summed E-state index contributed by atoms with van der Waals surface area (Å²) in [7, 11) is -1.74. The second-order valence-corrected chi connectivity index (χ2v) is 9.94. The molecule has 8 heteroatoms. The second-order valence-electron chi connectivity index (χ2n) is 6.06. The Bertz CT molecular complexity index is 798. The van der Waals surface area contributed by atoms with Crippen LogP contribution in [-0.2, 0) is 16.4 Å². The SMILES string of the molecule is COc1ccc(CC[NH+]2CCN(S(=O)(=O)c3ccc(Cl)s3)CC2)cc1. The number of hydrogen-bond donors (Lipinski definition) is 1. The first-order valence-corrected chi connectivity index (χ1v) is 10.8. The lowest BCUT2D eigenvalue weighted by Crippen LogP contribution is -3.15. The topological polar surface area (TPSA) is 51.1 Å². The number of rotatable bonds is 6. The van der Waals surface area contributed by atoms with Crippen molar-refractivity contribution < 1.29 is 18.1 Å². The van der Waals surface area contributed by atoms with Crippen molar-refractivity contribution in [3.63, 3.8) is 0 Å². The summed E-state index contributed by atoms with van der Waals surface area (Å²) in [5, 5.41) is 0. The summed E-state index contributed by atoms with van der Waals surface area (Å²) in [6.07, 6.45) is 0.979. The molecule has 3 rings (SSSR count). The van der Waals surface area contributed by atoms with Gasteiger partial charge in [0, 0.05) is 6.42 Å². The Balaban J connectivity index is 1.51. The zero-order chi connectivity index (χ0) is 17.9. The zero-order valence-electron chi connectivity index (χ0n) is 14.1. The fourth-order valence-electron chi connectivity index (χ4n) is 2.97. The van der Waals surface area contributed by atoms with Gasteiger partial charge in [-0.25, -0.2) is 8.42 Å². The lowest BCUT2D eigenvalue weighted by Gasteiger charge is -2.31. The smallest absolute Gasteiger partial charge is 0.253 e. The number of thiophene rings is 1. The van der Waals surface area contributed by atoms with E-state index in [1.807, 2.05) is 12.1 Å². The van der Waals surface area contributed by atoms with E-state index in [1.165, 1.54) is 10.5 Å². The highest BCUT2D eigenvalue weighted by atomic mass is 35.5. The lowest BCUT2D eigenvalue weighted by atomic mass is 10.1. The van der Waals surface area contributed by atoms with E-state index in [1.54, 1.807) is 23.5 Å². The van der Waals surface area contributed by atoms with Gasteiger partial charge < -0.3 is 9.64 Å². The molecule has 5 nitrogen and oxygen atoms in total. The Kier molecular flexibility index (Phi) is 6.01. The summed E-state index contributed by atoms with van der Waals surface area (Å²) >= 11 is 6.99. The van der Waals surface area contributed by atoms with Gasteiger partial charge in [0.05, 0.1) is 44.2 Å². The van der Waals surface area contributed by atoms with E-state index < -0.39 is 10.0 Å². The van der Waals surface area contributed by atoms with Crippen LogP contribution in [0.4, 0.5) is 0 Å². The van der Waals surface area contributed by atoms with Crippen LogP contribution in [0.5, 0.6) is 5.75 Å². The van der Waals surface area contributed by atoms with Crippen molar-refractivity contribution in [3.05, 3.63) is 46.3 Å². The average Bonchev–Trinajstić information content (AvgIpc) is 3.08. The number of ether oxygens (including phenoxy) is 1. The Hall–Kier alpha value is -1.12. The van der Waals surface area contributed by atoms with Crippen molar-refractivity contribution in [3.8, 4) is 5.75 Å². The molecular formula is C17H22ClN2O3S2+. The Morgan fingerprint density at radius 2 is 1.84 bits per heavy atom. The van der Waals surface area contributed by atoms with E-state index in [-0.39, 0.29) is 0 Å². The first-order valence-electron chi connectivity index (χ1n) is 8.21. The molecule has 25 heavy (non-hydrogen) atoms. The molecule has 0 saturated carbocycles. The van der Waals surface area contributed by atoms with Crippen LogP contribution in [0.25, 0.3) is 0 Å². The number of quaternary nitrogens is 1. The first-order chi connectivity index (χ1) is 12.0. The molecule has 2 heterocycles. The van der Waals surface area contributed by atoms with Gasteiger partial charge in [-0.3, -0.25) is 0 Å². The highest BCUT2D eigenvalue weighted by Crippen LogP contribution is 2.28. The molecule has 0 unspecified atom stereocenters. The Labute approximate surface area is 157 Å². The van der Waals surface area contributed by atoms with Crippen LogP contribution in [0.3, 0.4) is 0 Å². The molecule has 2 aromatic rings. The maximum Gasteiger partial charge on any atom is 0.253 e. The highest BCUT2D eigenvalue weighted by molar-refractivity contribution is 7.91. The van der Waals surface area contributed by atoms with Crippen LogP contribution < -0.4 is 9.64 Å². The predicted molar refractivity (Wildman–Crippen MR) is 100 cm³/mol. The number of sulfonamides is 1. The monoisotopic (exact) mass is 401 g/mol. The van der Waals surface area contributed by atoms with Gasteiger partial charge >= 0.3 is 0 Å². The van der Waals surface area contributed by atoms with E-state index in [2.05, 4.69) is 12.1 Å². The minimum absolute atomic E-state index is 0.333. The summed E-state index contributed by atoms with van der Waals surface area (Å²) in [4.78, 5) is 1.44. The molecule has 1 saturated heterocycles. The van der Waals surface area contributed by atoms with E-state index in [9.17, 15) is 8.42 Å². The molecule has 1 N–H and O–H groups in total. The van der Waals surface area contributed by atoms with Gasteiger partial charge in [0.1, 0.15) is 9.96 Å². The van der Waals surface area contributed by atoms with Crippen LogP contribution in [0.2, 0.25) is 4.34 Å². The van der Waals surface area contributed by atoms with Crippen LogP contribution in [0, 0.1) is 0 Å². The molecule has 1 fully saturated rings. The van der Waals surface area contributed by atoms with Gasteiger partial charge in [0.15, 0.2) is 0 Å². The largest absolute Gasteiger partial charge is 0.497 e. The summed E-state index contributed by atoms with van der Waals surface area (Å²) in [6, 6.07) is 11.3. The predicted octanol–water partition coefficient (Wildman–Crippen LogP) is 1.54. The summed E-state index contributed by atoms with van der Waals surface area (Å²) in [5.41, 5.74) is 1.27. The van der Waals surface area contributed by atoms with Gasteiger partial charge in [0.25, 0.3) is 10.0 Å². The van der Waals surface area contributed by atoms with Crippen molar-refractivity contribution >= 4 is 33.0 Å². The standard InChI is InChI=1S/C17H21ClN2O3S2/c1-23-15-4-2-14(3-5-15)8-9-19-10-12-20(13-11-19)25(21,22)17-7-6-16(18)24-17/h2-7H,8-13H2,1H3/p+1. The second kappa shape index (κ2) is 8.05. The van der Waals surface area contributed by atoms with Crippen LogP contribution in [-0.4, -0.2) is 52.6 Å². The molecule has 1 aliphatic rings. The van der Waals surface area contributed by atoms with Crippen molar-refractivity contribution in [1.82, 2.24) is 4.31 Å². The van der Waals surface area contributed by atoms with Gasteiger partial charge in [-0.2, -0.15) is 4.31 Å². The number of halogens is 1. The average molecular weight is 402 g/mol. The quantitative estimate of drug-likeness (QED) is 0.798. The number of nitrogens with one attached hydrogen (secondary N) is 1. The van der Waals surface area contributed by atoms with Crippen molar-refractivity contribution in [2.24, 2.45) is 0 Å². The molecule has 1 aliphatic heterocycles. The maximum atomic E-state index is 12.6. The van der Waals surface area contributed by atoms with E-state index >= 15 is 0 Å². The molecule has 0 atom stereocenters. The van der Waals surface area contributed by atoms with E-state index in [0.29, 0.717) is 21.6 Å². The minimum atomic E-state index is -3.40. The summed E-state index contributed by atoms with van der Waals surface area (Å²) < 4.78 is 32.8. The first kappa shape index (κ1) is 18.7. The van der Waals surface area contributed by atoms with Crippen molar-refractivity contribution in [2.75, 3.05) is 39.8 Å². The fraction of sp³-hybridized carbons (Fsp3) is 0.412. The molecular weight excluding hydrogens is 380 g/mol. The van der Waals surface area contributed by atoms with Crippen LogP contribution >= 0.6 is 22.9 Å². The van der Waals surface area contributed by atoms with Gasteiger partial charge in [-0.05, 0) is 29.8 Å². The van der Waals surface area contributed by atoms with Gasteiger partial charge in [0.2, 0.25) is 0 Å². The van der Waals surface area contributed by atoms with E-state index in [4.69, 9.17) is 16.3 Å². The summed E-state index contributed by atoms with van der Waals surface area (Å²) in [6.45, 7) is 3.76. The van der Waals surface area contributed by atoms with Crippen molar-refractivity contribution in [1.29, 1.82) is 0 Å². The van der Waals surface area contributed by atoms with E-state index in [0.717, 1.165) is 43.1 Å². The third-order valence-electron chi connectivity index (χ3n) is 4.50. The number of hydrogen-bond acceptors (Lipinski definition) is 4. The molecule has 1 aromatic heterocycles. The van der Waals surface area contributed by atoms with Crippen molar-refractivity contribution in [2.45, 2.75) is 10.6 Å². The highest BCUT2D eigenvalue weighted by Gasteiger charge is 2.31. The number of methoxy groups -OCH3 is 1. The number of piperazine rings is 1. The molecule has 136 valence electrons. The minimum Gasteiger partial charge on any atom is -0.497 e. The molecule has 0 aliphatic carbocycles. The normalized spacial score (nSPS) is 16.9. The third kappa shape index (κ3) is 4.54. The zero-order valence-corrected chi connectivity index (χ0v) is 16.5. The van der Waals surface area contributed by atoms with Gasteiger partial charge in [-0.1, -0.05) is 23.7 Å². The number of nitrogens with zero attached hydrogens (tertiary/aromatic N) is 1. The molecule has 1 aromatic carbocycles. The van der Waals surface area contributed by atoms with Crippen LogP contribution in [0.1, 0.15) is 5.56 Å². The molecule has 0 spiro atoms. The summed E-state index contributed by atoms with van der Waals surface area (Å²) in [5.74, 6) is 0.864. The fourth-order valence-corrected chi connectivity index (χ4v) is 6.05. The maximum absolute atomic E-state index is 12.6. The Morgan fingerprint density at radius 3 is 2.40 bits per heavy atom. The molecule has 0 bridgehead atoms.